The van der Waals surface area contributed by atoms with E-state index in [-0.39, 0.29) is 17.6 Å². The standard InChI is InChI=1S/C17H20FNO/c1-12-6-4-7-13(10-12)11-15(19-2)14-8-5-9-16(20-3)17(14)18/h4-10,15,19H,11H2,1-3H3. The number of benzene rings is 2. The number of ether oxygens (including phenoxy) is 1. The monoisotopic (exact) mass is 273 g/mol. The lowest BCUT2D eigenvalue weighted by molar-refractivity contribution is 0.380. The Morgan fingerprint density at radius 1 is 1.20 bits per heavy atom. The molecule has 1 N–H and O–H groups in total. The average molecular weight is 273 g/mol. The summed E-state index contributed by atoms with van der Waals surface area (Å²) >= 11 is 0. The van der Waals surface area contributed by atoms with E-state index in [1.165, 1.54) is 18.2 Å². The van der Waals surface area contributed by atoms with Crippen LogP contribution < -0.4 is 10.1 Å². The minimum Gasteiger partial charge on any atom is -0.494 e. The van der Waals surface area contributed by atoms with Gasteiger partial charge in [-0.1, -0.05) is 42.0 Å². The van der Waals surface area contributed by atoms with E-state index in [1.54, 1.807) is 12.1 Å². The summed E-state index contributed by atoms with van der Waals surface area (Å²) in [6.45, 7) is 2.06. The van der Waals surface area contributed by atoms with Gasteiger partial charge in [-0.2, -0.15) is 0 Å². The molecule has 0 fully saturated rings. The van der Waals surface area contributed by atoms with Crippen LogP contribution in [0.4, 0.5) is 4.39 Å². The van der Waals surface area contributed by atoms with E-state index in [9.17, 15) is 4.39 Å². The molecule has 0 aromatic heterocycles. The summed E-state index contributed by atoms with van der Waals surface area (Å²) in [7, 11) is 3.33. The first-order chi connectivity index (χ1) is 9.65. The molecule has 0 bridgehead atoms. The van der Waals surface area contributed by atoms with Crippen molar-refractivity contribution >= 4 is 0 Å². The van der Waals surface area contributed by atoms with Crippen LogP contribution in [-0.4, -0.2) is 14.2 Å². The normalized spacial score (nSPS) is 12.2. The summed E-state index contributed by atoms with van der Waals surface area (Å²) in [5.74, 6) is -0.00556. The number of hydrogen-bond donors (Lipinski definition) is 1. The first-order valence-corrected chi connectivity index (χ1v) is 6.71. The van der Waals surface area contributed by atoms with Gasteiger partial charge in [0.05, 0.1) is 7.11 Å². The molecule has 2 rings (SSSR count). The summed E-state index contributed by atoms with van der Waals surface area (Å²) in [5.41, 5.74) is 3.03. The zero-order valence-electron chi connectivity index (χ0n) is 12.1. The van der Waals surface area contributed by atoms with Crippen LogP contribution in [0.2, 0.25) is 0 Å². The van der Waals surface area contributed by atoms with Gasteiger partial charge in [0.1, 0.15) is 0 Å². The molecule has 106 valence electrons. The van der Waals surface area contributed by atoms with Crippen molar-refractivity contribution in [1.82, 2.24) is 5.32 Å². The summed E-state index contributed by atoms with van der Waals surface area (Å²) in [6.07, 6.45) is 0.738. The topological polar surface area (TPSA) is 21.3 Å². The molecule has 0 radical (unpaired) electrons. The van der Waals surface area contributed by atoms with Crippen LogP contribution >= 0.6 is 0 Å². The highest BCUT2D eigenvalue weighted by Crippen LogP contribution is 2.27. The van der Waals surface area contributed by atoms with E-state index >= 15 is 0 Å². The highest BCUT2D eigenvalue weighted by molar-refractivity contribution is 5.34. The fraction of sp³-hybridized carbons (Fsp3) is 0.294. The van der Waals surface area contributed by atoms with Crippen LogP contribution in [0.15, 0.2) is 42.5 Å². The Hall–Kier alpha value is -1.87. The Morgan fingerprint density at radius 2 is 1.95 bits per heavy atom. The quantitative estimate of drug-likeness (QED) is 0.898. The van der Waals surface area contributed by atoms with Gasteiger partial charge < -0.3 is 10.1 Å². The lowest BCUT2D eigenvalue weighted by Gasteiger charge is -2.19. The number of halogens is 1. The van der Waals surface area contributed by atoms with E-state index in [4.69, 9.17) is 4.74 Å². The molecule has 0 aliphatic rings. The van der Waals surface area contributed by atoms with Gasteiger partial charge >= 0.3 is 0 Å². The predicted octanol–water partition coefficient (Wildman–Crippen LogP) is 3.65. The molecule has 2 aromatic carbocycles. The Labute approximate surface area is 119 Å². The van der Waals surface area contributed by atoms with E-state index in [1.807, 2.05) is 19.2 Å². The Bertz CT molecular complexity index is 583. The third-order valence-corrected chi connectivity index (χ3v) is 3.46. The maximum absolute atomic E-state index is 14.3. The third kappa shape index (κ3) is 3.17. The van der Waals surface area contributed by atoms with Gasteiger partial charge in [-0.3, -0.25) is 0 Å². The molecule has 1 atom stereocenters. The molecule has 0 amide bonds. The van der Waals surface area contributed by atoms with Crippen LogP contribution in [0.1, 0.15) is 22.7 Å². The average Bonchev–Trinajstić information content (AvgIpc) is 2.45. The van der Waals surface area contributed by atoms with Crippen molar-refractivity contribution in [2.24, 2.45) is 0 Å². The minimum absolute atomic E-state index is 0.0769. The van der Waals surface area contributed by atoms with Crippen molar-refractivity contribution in [1.29, 1.82) is 0 Å². The summed E-state index contributed by atoms with van der Waals surface area (Å²) < 4.78 is 19.4. The lowest BCUT2D eigenvalue weighted by Crippen LogP contribution is -2.20. The predicted molar refractivity (Wildman–Crippen MR) is 79.6 cm³/mol. The fourth-order valence-electron chi connectivity index (χ4n) is 2.40. The van der Waals surface area contributed by atoms with Crippen molar-refractivity contribution < 1.29 is 9.13 Å². The zero-order valence-corrected chi connectivity index (χ0v) is 12.1. The molecule has 0 saturated heterocycles. The number of nitrogens with one attached hydrogen (secondary N) is 1. The molecule has 0 saturated carbocycles. The molecule has 2 nitrogen and oxygen atoms in total. The summed E-state index contributed by atoms with van der Waals surface area (Å²) in [5, 5.41) is 3.18. The van der Waals surface area contributed by atoms with Gasteiger partial charge in [-0.25, -0.2) is 4.39 Å². The van der Waals surface area contributed by atoms with Gasteiger partial charge in [-0.05, 0) is 32.0 Å². The molecule has 0 aliphatic carbocycles. The van der Waals surface area contributed by atoms with Gasteiger partial charge in [0.2, 0.25) is 0 Å². The number of rotatable bonds is 5. The van der Waals surface area contributed by atoms with Crippen LogP contribution in [0.5, 0.6) is 5.75 Å². The van der Waals surface area contributed by atoms with Crippen molar-refractivity contribution in [3.05, 3.63) is 65.0 Å². The molecule has 2 aromatic rings. The lowest BCUT2D eigenvalue weighted by atomic mass is 9.97. The molecule has 20 heavy (non-hydrogen) atoms. The molecule has 0 aliphatic heterocycles. The fourth-order valence-corrected chi connectivity index (χ4v) is 2.40. The van der Waals surface area contributed by atoms with Gasteiger partial charge in [-0.15, -0.1) is 0 Å². The van der Waals surface area contributed by atoms with E-state index in [2.05, 4.69) is 30.4 Å². The Morgan fingerprint density at radius 3 is 2.60 bits per heavy atom. The number of aryl methyl sites for hydroxylation is 1. The van der Waals surface area contributed by atoms with Gasteiger partial charge in [0.25, 0.3) is 0 Å². The maximum atomic E-state index is 14.3. The number of likely N-dealkylation sites (N-methyl/N-ethyl adjacent to an activating group) is 1. The summed E-state index contributed by atoms with van der Waals surface area (Å²) in [6, 6.07) is 13.5. The Balaban J connectivity index is 2.29. The largest absolute Gasteiger partial charge is 0.494 e. The van der Waals surface area contributed by atoms with Crippen LogP contribution in [0.25, 0.3) is 0 Å². The highest BCUT2D eigenvalue weighted by Gasteiger charge is 2.17. The number of hydrogen-bond acceptors (Lipinski definition) is 2. The highest BCUT2D eigenvalue weighted by atomic mass is 19.1. The minimum atomic E-state index is -0.290. The molecular formula is C17H20FNO. The van der Waals surface area contributed by atoms with E-state index < -0.39 is 0 Å². The van der Waals surface area contributed by atoms with E-state index in [0.717, 1.165) is 6.42 Å². The first-order valence-electron chi connectivity index (χ1n) is 6.71. The second-order valence-electron chi connectivity index (χ2n) is 4.90. The Kier molecular flexibility index (Phi) is 4.74. The third-order valence-electron chi connectivity index (χ3n) is 3.46. The second kappa shape index (κ2) is 6.53. The van der Waals surface area contributed by atoms with Crippen molar-refractivity contribution in [3.63, 3.8) is 0 Å². The van der Waals surface area contributed by atoms with Crippen LogP contribution in [0, 0.1) is 12.7 Å². The van der Waals surface area contributed by atoms with Gasteiger partial charge in [0.15, 0.2) is 11.6 Å². The molecular weight excluding hydrogens is 253 g/mol. The number of methoxy groups -OCH3 is 1. The maximum Gasteiger partial charge on any atom is 0.169 e. The van der Waals surface area contributed by atoms with Crippen molar-refractivity contribution in [2.75, 3.05) is 14.2 Å². The van der Waals surface area contributed by atoms with E-state index in [0.29, 0.717) is 5.56 Å². The second-order valence-corrected chi connectivity index (χ2v) is 4.90. The molecule has 0 heterocycles. The van der Waals surface area contributed by atoms with Crippen LogP contribution in [0.3, 0.4) is 0 Å². The molecule has 3 heteroatoms. The van der Waals surface area contributed by atoms with Crippen LogP contribution in [-0.2, 0) is 6.42 Å². The zero-order chi connectivity index (χ0) is 14.5. The first kappa shape index (κ1) is 14.5. The van der Waals surface area contributed by atoms with Crippen molar-refractivity contribution in [3.8, 4) is 5.75 Å². The molecule has 0 spiro atoms. The summed E-state index contributed by atoms with van der Waals surface area (Å²) in [4.78, 5) is 0. The molecule has 1 unspecified atom stereocenters. The van der Waals surface area contributed by atoms with Crippen molar-refractivity contribution in [2.45, 2.75) is 19.4 Å². The smallest absolute Gasteiger partial charge is 0.169 e. The van der Waals surface area contributed by atoms with Gasteiger partial charge in [0, 0.05) is 11.6 Å². The SMILES string of the molecule is CNC(Cc1cccc(C)c1)c1cccc(OC)c1F.